The first-order chi connectivity index (χ1) is 11.0. The van der Waals surface area contributed by atoms with Gasteiger partial charge in [-0.15, -0.1) is 0 Å². The third-order valence-electron chi connectivity index (χ3n) is 4.31. The van der Waals surface area contributed by atoms with Gasteiger partial charge in [0.1, 0.15) is 5.82 Å². The third-order valence-corrected chi connectivity index (χ3v) is 4.31. The van der Waals surface area contributed by atoms with Crippen LogP contribution in [0.4, 0.5) is 4.39 Å². The molecule has 2 N–H and O–H groups in total. The van der Waals surface area contributed by atoms with Crippen molar-refractivity contribution in [3.05, 3.63) is 48.0 Å². The van der Waals surface area contributed by atoms with Crippen molar-refractivity contribution in [1.82, 2.24) is 15.1 Å². The van der Waals surface area contributed by atoms with E-state index in [2.05, 4.69) is 10.4 Å². The standard InChI is InChI=1S/C17H20FN3O2/c1-17(11-22,12-2-3-12)19-16(23)10-14-8-9-21(20-14)15-6-4-13(18)5-7-15/h4-9,12,22H,2-3,10-11H2,1H3,(H,19,23). The van der Waals surface area contributed by atoms with Gasteiger partial charge in [0.25, 0.3) is 0 Å². The quantitative estimate of drug-likeness (QED) is 0.854. The topological polar surface area (TPSA) is 67.2 Å². The van der Waals surface area contributed by atoms with Gasteiger partial charge < -0.3 is 10.4 Å². The van der Waals surface area contributed by atoms with Gasteiger partial charge in [0.05, 0.1) is 29.9 Å². The van der Waals surface area contributed by atoms with E-state index in [1.807, 2.05) is 6.92 Å². The first-order valence-electron chi connectivity index (χ1n) is 7.72. The van der Waals surface area contributed by atoms with Crippen molar-refractivity contribution in [2.45, 2.75) is 31.7 Å². The number of carbonyl (C=O) groups is 1. The van der Waals surface area contributed by atoms with E-state index in [-0.39, 0.29) is 24.8 Å². The van der Waals surface area contributed by atoms with E-state index in [9.17, 15) is 14.3 Å². The maximum Gasteiger partial charge on any atom is 0.226 e. The second-order valence-corrected chi connectivity index (χ2v) is 6.30. The number of hydrogen-bond acceptors (Lipinski definition) is 3. The number of aliphatic hydroxyl groups excluding tert-OH is 1. The lowest BCUT2D eigenvalue weighted by Gasteiger charge is -2.28. The van der Waals surface area contributed by atoms with Crippen LogP contribution < -0.4 is 5.32 Å². The lowest BCUT2D eigenvalue weighted by atomic mass is 9.96. The molecule has 1 saturated carbocycles. The number of aliphatic hydroxyl groups is 1. The van der Waals surface area contributed by atoms with E-state index in [0.29, 0.717) is 11.6 Å². The molecule has 2 aromatic rings. The fourth-order valence-corrected chi connectivity index (χ4v) is 2.71. The first kappa shape index (κ1) is 15.7. The SMILES string of the molecule is CC(CO)(NC(=O)Cc1ccn(-c2ccc(F)cc2)n1)C1CC1. The highest BCUT2D eigenvalue weighted by atomic mass is 19.1. The minimum atomic E-state index is -0.545. The van der Waals surface area contributed by atoms with Gasteiger partial charge in [-0.2, -0.15) is 5.10 Å². The molecule has 3 rings (SSSR count). The Hall–Kier alpha value is -2.21. The Balaban J connectivity index is 1.64. The molecular formula is C17H20FN3O2. The van der Waals surface area contributed by atoms with Gasteiger partial charge in [0.15, 0.2) is 0 Å². The summed E-state index contributed by atoms with van der Waals surface area (Å²) in [6, 6.07) is 7.75. The Morgan fingerprint density at radius 3 is 2.70 bits per heavy atom. The van der Waals surface area contributed by atoms with E-state index in [0.717, 1.165) is 18.5 Å². The molecule has 0 saturated heterocycles. The number of aromatic nitrogens is 2. The molecule has 1 atom stereocenters. The van der Waals surface area contributed by atoms with Crippen LogP contribution in [0.5, 0.6) is 0 Å². The minimum Gasteiger partial charge on any atom is -0.394 e. The number of rotatable bonds is 6. The van der Waals surface area contributed by atoms with Crippen molar-refractivity contribution in [3.63, 3.8) is 0 Å². The van der Waals surface area contributed by atoms with Crippen molar-refractivity contribution >= 4 is 5.91 Å². The summed E-state index contributed by atoms with van der Waals surface area (Å²) in [6.45, 7) is 1.81. The molecule has 1 amide bonds. The van der Waals surface area contributed by atoms with Crippen molar-refractivity contribution in [2.24, 2.45) is 5.92 Å². The van der Waals surface area contributed by atoms with Gasteiger partial charge in [-0.25, -0.2) is 9.07 Å². The van der Waals surface area contributed by atoms with Crippen LogP contribution in [-0.2, 0) is 11.2 Å². The highest BCUT2D eigenvalue weighted by Crippen LogP contribution is 2.39. The number of nitrogens with one attached hydrogen (secondary N) is 1. The molecule has 122 valence electrons. The van der Waals surface area contributed by atoms with E-state index in [4.69, 9.17) is 0 Å². The fourth-order valence-electron chi connectivity index (χ4n) is 2.71. The van der Waals surface area contributed by atoms with Crippen molar-refractivity contribution < 1.29 is 14.3 Å². The minimum absolute atomic E-state index is 0.0621. The summed E-state index contributed by atoms with van der Waals surface area (Å²) in [4.78, 5) is 12.2. The Kier molecular flexibility index (Phi) is 4.17. The molecule has 5 nitrogen and oxygen atoms in total. The number of benzene rings is 1. The molecule has 1 aromatic heterocycles. The van der Waals surface area contributed by atoms with Crippen LogP contribution >= 0.6 is 0 Å². The Morgan fingerprint density at radius 2 is 2.09 bits per heavy atom. The van der Waals surface area contributed by atoms with Crippen LogP contribution in [0.2, 0.25) is 0 Å². The second-order valence-electron chi connectivity index (χ2n) is 6.30. The molecule has 23 heavy (non-hydrogen) atoms. The summed E-state index contributed by atoms with van der Waals surface area (Å²) in [5, 5.41) is 16.8. The van der Waals surface area contributed by atoms with Crippen LogP contribution in [-0.4, -0.2) is 32.9 Å². The summed E-state index contributed by atoms with van der Waals surface area (Å²) in [5.74, 6) is -0.102. The van der Waals surface area contributed by atoms with Gasteiger partial charge in [0.2, 0.25) is 5.91 Å². The zero-order valence-electron chi connectivity index (χ0n) is 13.0. The van der Waals surface area contributed by atoms with Crippen molar-refractivity contribution in [3.8, 4) is 5.69 Å². The molecule has 1 aromatic carbocycles. The summed E-state index contributed by atoms with van der Waals surface area (Å²) >= 11 is 0. The lowest BCUT2D eigenvalue weighted by Crippen LogP contribution is -2.51. The van der Waals surface area contributed by atoms with E-state index >= 15 is 0 Å². The average Bonchev–Trinajstić information content (AvgIpc) is 3.29. The zero-order valence-corrected chi connectivity index (χ0v) is 13.0. The van der Waals surface area contributed by atoms with Crippen LogP contribution in [0.15, 0.2) is 36.5 Å². The summed E-state index contributed by atoms with van der Waals surface area (Å²) in [5.41, 5.74) is 0.815. The highest BCUT2D eigenvalue weighted by Gasteiger charge is 2.42. The Bertz CT molecular complexity index is 694. The van der Waals surface area contributed by atoms with E-state index < -0.39 is 5.54 Å². The average molecular weight is 317 g/mol. The fraction of sp³-hybridized carbons (Fsp3) is 0.412. The lowest BCUT2D eigenvalue weighted by molar-refractivity contribution is -0.123. The second kappa shape index (κ2) is 6.12. The van der Waals surface area contributed by atoms with Crippen LogP contribution in [0.1, 0.15) is 25.5 Å². The van der Waals surface area contributed by atoms with Crippen molar-refractivity contribution in [1.29, 1.82) is 0 Å². The van der Waals surface area contributed by atoms with Gasteiger partial charge in [-0.1, -0.05) is 0 Å². The molecule has 1 fully saturated rings. The summed E-state index contributed by atoms with van der Waals surface area (Å²) in [7, 11) is 0. The molecule has 1 aliphatic carbocycles. The predicted octanol–water partition coefficient (Wildman–Crippen LogP) is 1.83. The molecule has 1 unspecified atom stereocenters. The van der Waals surface area contributed by atoms with Crippen LogP contribution in [0, 0.1) is 11.7 Å². The van der Waals surface area contributed by atoms with E-state index in [1.54, 1.807) is 29.1 Å². The van der Waals surface area contributed by atoms with Crippen LogP contribution in [0.25, 0.3) is 5.69 Å². The number of halogens is 1. The summed E-state index contributed by atoms with van der Waals surface area (Å²) < 4.78 is 14.5. The Labute approximate surface area is 134 Å². The number of nitrogens with zero attached hydrogens (tertiary/aromatic N) is 2. The molecule has 1 aliphatic rings. The number of carbonyl (C=O) groups excluding carboxylic acids is 1. The predicted molar refractivity (Wildman–Crippen MR) is 83.6 cm³/mol. The smallest absolute Gasteiger partial charge is 0.226 e. The normalized spacial score (nSPS) is 16.8. The zero-order chi connectivity index (χ0) is 16.4. The highest BCUT2D eigenvalue weighted by molar-refractivity contribution is 5.79. The molecule has 1 heterocycles. The maximum absolute atomic E-state index is 12.9. The van der Waals surface area contributed by atoms with E-state index in [1.165, 1.54) is 12.1 Å². The van der Waals surface area contributed by atoms with Crippen molar-refractivity contribution in [2.75, 3.05) is 6.61 Å². The largest absolute Gasteiger partial charge is 0.394 e. The molecule has 6 heteroatoms. The Morgan fingerprint density at radius 1 is 1.39 bits per heavy atom. The van der Waals surface area contributed by atoms with Gasteiger partial charge in [0, 0.05) is 6.20 Å². The maximum atomic E-state index is 12.9. The first-order valence-corrected chi connectivity index (χ1v) is 7.72. The summed E-state index contributed by atoms with van der Waals surface area (Å²) in [6.07, 6.45) is 3.96. The molecule has 0 bridgehead atoms. The van der Waals surface area contributed by atoms with Gasteiger partial charge in [-0.05, 0) is 56.0 Å². The number of amides is 1. The molecule has 0 spiro atoms. The molecule has 0 radical (unpaired) electrons. The monoisotopic (exact) mass is 317 g/mol. The van der Waals surface area contributed by atoms with Gasteiger partial charge in [-0.3, -0.25) is 4.79 Å². The van der Waals surface area contributed by atoms with Gasteiger partial charge >= 0.3 is 0 Å². The number of hydrogen-bond donors (Lipinski definition) is 2. The molecular weight excluding hydrogens is 297 g/mol. The third kappa shape index (κ3) is 3.59. The van der Waals surface area contributed by atoms with Crippen LogP contribution in [0.3, 0.4) is 0 Å². The molecule has 0 aliphatic heterocycles.